The van der Waals surface area contributed by atoms with Crippen molar-refractivity contribution < 1.29 is 10.2 Å². The molecule has 15 heavy (non-hydrogen) atoms. The van der Waals surface area contributed by atoms with Gasteiger partial charge in [0.1, 0.15) is 11.7 Å². The van der Waals surface area contributed by atoms with Gasteiger partial charge in [-0.15, -0.1) is 0 Å². The first-order chi connectivity index (χ1) is 7.21. The van der Waals surface area contributed by atoms with E-state index < -0.39 is 11.7 Å². The lowest BCUT2D eigenvalue weighted by Gasteiger charge is -2.38. The van der Waals surface area contributed by atoms with Gasteiger partial charge in [-0.2, -0.15) is 0 Å². The average molecular weight is 202 g/mol. The van der Waals surface area contributed by atoms with E-state index in [1.54, 1.807) is 0 Å². The van der Waals surface area contributed by atoms with Crippen LogP contribution in [-0.2, 0) is 0 Å². The number of aliphatic hydroxyl groups excluding tert-OH is 1. The van der Waals surface area contributed by atoms with Gasteiger partial charge in [0.2, 0.25) is 0 Å². The third-order valence-electron chi connectivity index (χ3n) is 2.86. The van der Waals surface area contributed by atoms with E-state index >= 15 is 0 Å². The van der Waals surface area contributed by atoms with Crippen LogP contribution in [0.4, 0.5) is 0 Å². The zero-order chi connectivity index (χ0) is 10.7. The van der Waals surface area contributed by atoms with Crippen LogP contribution in [0.2, 0.25) is 0 Å². The van der Waals surface area contributed by atoms with Gasteiger partial charge >= 0.3 is 0 Å². The normalized spacial score (nSPS) is 19.6. The van der Waals surface area contributed by atoms with Crippen molar-refractivity contribution in [2.45, 2.75) is 31.0 Å². The number of aliphatic hydroxyl groups is 2. The molecule has 0 bridgehead atoms. The molecule has 1 saturated carbocycles. The molecule has 2 nitrogen and oxygen atoms in total. The van der Waals surface area contributed by atoms with Crippen LogP contribution in [0.25, 0.3) is 0 Å². The molecule has 0 spiro atoms. The first kappa shape index (κ1) is 10.2. The Kier molecular flexibility index (Phi) is 2.77. The van der Waals surface area contributed by atoms with Crippen molar-refractivity contribution in [1.82, 2.24) is 0 Å². The summed E-state index contributed by atoms with van der Waals surface area (Å²) in [4.78, 5) is 0. The summed E-state index contributed by atoms with van der Waals surface area (Å²) in [6, 6.07) is 9.47. The van der Waals surface area contributed by atoms with Crippen molar-refractivity contribution >= 4 is 0 Å². The van der Waals surface area contributed by atoms with Gasteiger partial charge in [-0.3, -0.25) is 0 Å². The van der Waals surface area contributed by atoms with Gasteiger partial charge in [-0.05, 0) is 31.4 Å². The Bertz CT molecular complexity index is 382. The lowest BCUT2D eigenvalue weighted by atomic mass is 9.76. The minimum Gasteiger partial charge on any atom is -0.386 e. The summed E-state index contributed by atoms with van der Waals surface area (Å²) in [5.74, 6) is 5.56. The molecular weight excluding hydrogens is 188 g/mol. The van der Waals surface area contributed by atoms with Crippen molar-refractivity contribution in [3.63, 3.8) is 0 Å². The summed E-state index contributed by atoms with van der Waals surface area (Å²) >= 11 is 0. The molecule has 78 valence electrons. The Balaban J connectivity index is 2.06. The van der Waals surface area contributed by atoms with E-state index in [1.807, 2.05) is 30.3 Å². The molecule has 0 heterocycles. The summed E-state index contributed by atoms with van der Waals surface area (Å²) in [5, 5.41) is 19.5. The molecule has 1 aliphatic rings. The number of hydrogen-bond acceptors (Lipinski definition) is 2. The third-order valence-corrected chi connectivity index (χ3v) is 2.86. The second-order valence-corrected chi connectivity index (χ2v) is 4.00. The molecule has 0 aromatic heterocycles. The van der Waals surface area contributed by atoms with Crippen LogP contribution in [0, 0.1) is 11.8 Å². The molecule has 1 aliphatic carbocycles. The van der Waals surface area contributed by atoms with Crippen LogP contribution in [0.15, 0.2) is 30.3 Å². The molecule has 1 fully saturated rings. The van der Waals surface area contributed by atoms with Crippen LogP contribution in [0.3, 0.4) is 0 Å². The van der Waals surface area contributed by atoms with Crippen molar-refractivity contribution in [1.29, 1.82) is 0 Å². The first-order valence-corrected chi connectivity index (χ1v) is 5.18. The highest BCUT2D eigenvalue weighted by molar-refractivity contribution is 5.35. The maximum absolute atomic E-state index is 9.80. The summed E-state index contributed by atoms with van der Waals surface area (Å²) in [5.41, 5.74) is -0.0959. The predicted molar refractivity (Wildman–Crippen MR) is 58.1 cm³/mol. The number of rotatable bonds is 1. The number of hydrogen-bond donors (Lipinski definition) is 2. The molecule has 0 amide bonds. The molecule has 2 heteroatoms. The maximum atomic E-state index is 9.80. The molecular formula is C13H14O2. The zero-order valence-electron chi connectivity index (χ0n) is 8.48. The molecule has 2 N–H and O–H groups in total. The summed E-state index contributed by atoms with van der Waals surface area (Å²) in [6.45, 7) is 0. The monoisotopic (exact) mass is 202 g/mol. The minimum absolute atomic E-state index is 0.650. The van der Waals surface area contributed by atoms with Gasteiger partial charge in [0.25, 0.3) is 0 Å². The van der Waals surface area contributed by atoms with Crippen LogP contribution >= 0.6 is 0 Å². The van der Waals surface area contributed by atoms with E-state index in [0.717, 1.165) is 12.0 Å². The lowest BCUT2D eigenvalue weighted by molar-refractivity contribution is -0.102. The van der Waals surface area contributed by atoms with E-state index in [9.17, 15) is 10.2 Å². The van der Waals surface area contributed by atoms with Gasteiger partial charge in [0, 0.05) is 5.56 Å². The minimum atomic E-state index is -0.957. The fraction of sp³-hybridized carbons (Fsp3) is 0.385. The average Bonchev–Trinajstić information content (AvgIpc) is 2.24. The van der Waals surface area contributed by atoms with Gasteiger partial charge in [0.15, 0.2) is 0 Å². The Morgan fingerprint density at radius 1 is 1.20 bits per heavy atom. The van der Waals surface area contributed by atoms with Gasteiger partial charge in [-0.25, -0.2) is 0 Å². The second kappa shape index (κ2) is 4.06. The molecule has 0 radical (unpaired) electrons. The molecule has 2 rings (SSSR count). The van der Waals surface area contributed by atoms with Crippen LogP contribution in [0.5, 0.6) is 0 Å². The Hall–Kier alpha value is -1.30. The van der Waals surface area contributed by atoms with Crippen molar-refractivity contribution in [2.24, 2.45) is 0 Å². The maximum Gasteiger partial charge on any atom is 0.143 e. The second-order valence-electron chi connectivity index (χ2n) is 4.00. The highest BCUT2D eigenvalue weighted by Crippen LogP contribution is 2.34. The van der Waals surface area contributed by atoms with Crippen LogP contribution < -0.4 is 0 Å². The Morgan fingerprint density at radius 3 is 2.40 bits per heavy atom. The molecule has 1 aromatic carbocycles. The Labute approximate surface area is 89.6 Å². The molecule has 0 aliphatic heterocycles. The topological polar surface area (TPSA) is 40.5 Å². The van der Waals surface area contributed by atoms with Crippen LogP contribution in [0.1, 0.15) is 24.8 Å². The lowest BCUT2D eigenvalue weighted by Crippen LogP contribution is -2.47. The highest BCUT2D eigenvalue weighted by atomic mass is 16.3. The van der Waals surface area contributed by atoms with Crippen LogP contribution in [-0.4, -0.2) is 21.9 Å². The smallest absolute Gasteiger partial charge is 0.143 e. The van der Waals surface area contributed by atoms with E-state index in [2.05, 4.69) is 11.8 Å². The summed E-state index contributed by atoms with van der Waals surface area (Å²) in [7, 11) is 0. The third kappa shape index (κ3) is 2.20. The SMILES string of the molecule is OC(C#Cc1ccccc1)C1(O)CCC1. The van der Waals surface area contributed by atoms with Crippen molar-refractivity contribution in [2.75, 3.05) is 0 Å². The fourth-order valence-electron chi connectivity index (χ4n) is 1.62. The van der Waals surface area contributed by atoms with E-state index in [-0.39, 0.29) is 0 Å². The van der Waals surface area contributed by atoms with Gasteiger partial charge in [-0.1, -0.05) is 30.0 Å². The molecule has 0 saturated heterocycles. The van der Waals surface area contributed by atoms with Gasteiger partial charge in [0.05, 0.1) is 0 Å². The summed E-state index contributed by atoms with van der Waals surface area (Å²) in [6.07, 6.45) is 1.35. The Morgan fingerprint density at radius 2 is 1.87 bits per heavy atom. The predicted octanol–water partition coefficient (Wildman–Crippen LogP) is 1.31. The largest absolute Gasteiger partial charge is 0.386 e. The molecule has 1 aromatic rings. The van der Waals surface area contributed by atoms with Crippen molar-refractivity contribution in [3.8, 4) is 11.8 Å². The fourth-order valence-corrected chi connectivity index (χ4v) is 1.62. The van der Waals surface area contributed by atoms with E-state index in [1.165, 1.54) is 0 Å². The van der Waals surface area contributed by atoms with Crippen molar-refractivity contribution in [3.05, 3.63) is 35.9 Å². The molecule has 1 atom stereocenters. The van der Waals surface area contributed by atoms with Gasteiger partial charge < -0.3 is 10.2 Å². The highest BCUT2D eigenvalue weighted by Gasteiger charge is 2.40. The quantitative estimate of drug-likeness (QED) is 0.674. The zero-order valence-corrected chi connectivity index (χ0v) is 8.48. The summed E-state index contributed by atoms with van der Waals surface area (Å²) < 4.78 is 0. The van der Waals surface area contributed by atoms with E-state index in [4.69, 9.17) is 0 Å². The standard InChI is InChI=1S/C13H14O2/c14-12(13(15)9-4-10-13)8-7-11-5-2-1-3-6-11/h1-3,5-6,12,14-15H,4,9-10H2. The first-order valence-electron chi connectivity index (χ1n) is 5.18. The number of benzene rings is 1. The van der Waals surface area contributed by atoms with E-state index in [0.29, 0.717) is 12.8 Å². The molecule has 1 unspecified atom stereocenters.